The molecule has 1 aliphatic carbocycles. The normalized spacial score (nSPS) is 14.6. The Bertz CT molecular complexity index is 519. The van der Waals surface area contributed by atoms with E-state index in [4.69, 9.17) is 4.52 Å². The molecule has 1 aliphatic rings. The summed E-state index contributed by atoms with van der Waals surface area (Å²) in [4.78, 5) is 2.15. The summed E-state index contributed by atoms with van der Waals surface area (Å²) in [5, 5.41) is 7.53. The summed E-state index contributed by atoms with van der Waals surface area (Å²) in [5.74, 6) is 0.902. The first-order valence-electron chi connectivity index (χ1n) is 6.75. The quantitative estimate of drug-likeness (QED) is 0.863. The van der Waals surface area contributed by atoms with Crippen molar-refractivity contribution in [1.82, 2.24) is 10.5 Å². The number of aromatic nitrogens is 1. The molecule has 1 aromatic heterocycles. The maximum atomic E-state index is 5.38. The van der Waals surface area contributed by atoms with Gasteiger partial charge in [0, 0.05) is 31.4 Å². The van der Waals surface area contributed by atoms with Crippen LogP contribution in [-0.4, -0.2) is 18.2 Å². The molecule has 0 amide bonds. The van der Waals surface area contributed by atoms with Gasteiger partial charge in [-0.1, -0.05) is 23.4 Å². The number of rotatable bonds is 6. The van der Waals surface area contributed by atoms with Crippen LogP contribution in [0.15, 0.2) is 40.9 Å². The van der Waals surface area contributed by atoms with Crippen LogP contribution >= 0.6 is 0 Å². The first kappa shape index (κ1) is 12.2. The lowest BCUT2D eigenvalue weighted by molar-refractivity contribution is 0.375. The largest absolute Gasteiger partial charge is 0.367 e. The van der Waals surface area contributed by atoms with Crippen molar-refractivity contribution in [2.75, 3.05) is 11.9 Å². The van der Waals surface area contributed by atoms with Crippen molar-refractivity contribution in [1.29, 1.82) is 0 Å². The van der Waals surface area contributed by atoms with E-state index in [9.17, 15) is 0 Å². The van der Waals surface area contributed by atoms with Gasteiger partial charge in [-0.3, -0.25) is 0 Å². The molecule has 1 heterocycles. The van der Waals surface area contributed by atoms with E-state index in [1.807, 2.05) is 24.3 Å². The number of benzene rings is 1. The molecule has 100 valence electrons. The summed E-state index contributed by atoms with van der Waals surface area (Å²) in [5.41, 5.74) is 2.17. The summed E-state index contributed by atoms with van der Waals surface area (Å²) in [6, 6.07) is 13.0. The maximum absolute atomic E-state index is 5.38. The van der Waals surface area contributed by atoms with Gasteiger partial charge in [0.15, 0.2) is 5.76 Å². The zero-order valence-electron chi connectivity index (χ0n) is 11.2. The van der Waals surface area contributed by atoms with Gasteiger partial charge < -0.3 is 14.7 Å². The third-order valence-electron chi connectivity index (χ3n) is 3.35. The van der Waals surface area contributed by atoms with Crippen LogP contribution in [0, 0.1) is 0 Å². The van der Waals surface area contributed by atoms with Gasteiger partial charge in [0.1, 0.15) is 0 Å². The van der Waals surface area contributed by atoms with Crippen LogP contribution < -0.4 is 10.2 Å². The molecule has 0 atom stereocenters. The molecule has 0 spiro atoms. The average molecular weight is 257 g/mol. The van der Waals surface area contributed by atoms with Crippen LogP contribution in [0.25, 0.3) is 0 Å². The first-order chi connectivity index (χ1) is 9.31. The molecule has 0 radical (unpaired) electrons. The zero-order chi connectivity index (χ0) is 13.1. The monoisotopic (exact) mass is 257 g/mol. The Kier molecular flexibility index (Phi) is 3.51. The van der Waals surface area contributed by atoms with Gasteiger partial charge in [-0.2, -0.15) is 0 Å². The summed E-state index contributed by atoms with van der Waals surface area (Å²) < 4.78 is 5.38. The fraction of sp³-hybridized carbons (Fsp3) is 0.400. The van der Waals surface area contributed by atoms with Gasteiger partial charge in [-0.25, -0.2) is 0 Å². The molecule has 4 heteroatoms. The lowest BCUT2D eigenvalue weighted by atomic mass is 10.3. The second-order valence-electron chi connectivity index (χ2n) is 5.13. The van der Waals surface area contributed by atoms with Gasteiger partial charge in [0.25, 0.3) is 0 Å². The predicted molar refractivity (Wildman–Crippen MR) is 74.9 cm³/mol. The molecular formula is C15H19N3O. The molecular weight excluding hydrogens is 238 g/mol. The van der Waals surface area contributed by atoms with Gasteiger partial charge in [0.05, 0.1) is 12.2 Å². The summed E-state index contributed by atoms with van der Waals surface area (Å²) >= 11 is 0. The number of nitrogens with zero attached hydrogens (tertiary/aromatic N) is 2. The third-order valence-corrected chi connectivity index (χ3v) is 3.35. The second kappa shape index (κ2) is 5.45. The SMILES string of the molecule is CN(Cc1cc(CNC2CC2)no1)c1ccccc1. The highest BCUT2D eigenvalue weighted by Gasteiger charge is 2.20. The Labute approximate surface area is 113 Å². The van der Waals surface area contributed by atoms with Crippen molar-refractivity contribution in [2.24, 2.45) is 0 Å². The Hall–Kier alpha value is -1.81. The molecule has 1 fully saturated rings. The van der Waals surface area contributed by atoms with Crippen LogP contribution in [0.3, 0.4) is 0 Å². The van der Waals surface area contributed by atoms with E-state index in [-0.39, 0.29) is 0 Å². The minimum atomic E-state index is 0.701. The van der Waals surface area contributed by atoms with Crippen molar-refractivity contribution < 1.29 is 4.52 Å². The lowest BCUT2D eigenvalue weighted by Crippen LogP contribution is -2.16. The van der Waals surface area contributed by atoms with Crippen LogP contribution in [0.2, 0.25) is 0 Å². The van der Waals surface area contributed by atoms with Gasteiger partial charge >= 0.3 is 0 Å². The topological polar surface area (TPSA) is 41.3 Å². The van der Waals surface area contributed by atoms with Crippen LogP contribution in [0.5, 0.6) is 0 Å². The number of nitrogens with one attached hydrogen (secondary N) is 1. The minimum absolute atomic E-state index is 0.701. The fourth-order valence-corrected chi connectivity index (χ4v) is 2.06. The maximum Gasteiger partial charge on any atom is 0.156 e. The smallest absolute Gasteiger partial charge is 0.156 e. The average Bonchev–Trinajstić information content (AvgIpc) is 3.17. The molecule has 1 N–H and O–H groups in total. The third kappa shape index (κ3) is 3.35. The highest BCUT2D eigenvalue weighted by Crippen LogP contribution is 2.19. The Balaban J connectivity index is 1.56. The van der Waals surface area contributed by atoms with Gasteiger partial charge in [-0.05, 0) is 25.0 Å². The molecule has 1 aromatic carbocycles. The molecule has 1 saturated carbocycles. The van der Waals surface area contributed by atoms with E-state index in [0.717, 1.165) is 24.5 Å². The van der Waals surface area contributed by atoms with Crippen LogP contribution in [-0.2, 0) is 13.1 Å². The number of anilines is 1. The summed E-state index contributed by atoms with van der Waals surface area (Å²) in [6.45, 7) is 1.55. The van der Waals surface area contributed by atoms with E-state index in [0.29, 0.717) is 6.04 Å². The molecule has 0 saturated heterocycles. The number of hydrogen-bond donors (Lipinski definition) is 1. The zero-order valence-corrected chi connectivity index (χ0v) is 11.2. The Morgan fingerprint density at radius 1 is 1.32 bits per heavy atom. The van der Waals surface area contributed by atoms with Gasteiger partial charge in [0.2, 0.25) is 0 Å². The molecule has 0 aliphatic heterocycles. The van der Waals surface area contributed by atoms with E-state index in [1.54, 1.807) is 0 Å². The highest BCUT2D eigenvalue weighted by atomic mass is 16.5. The van der Waals surface area contributed by atoms with E-state index >= 15 is 0 Å². The van der Waals surface area contributed by atoms with Gasteiger partial charge in [-0.15, -0.1) is 0 Å². The number of para-hydroxylation sites is 1. The Morgan fingerprint density at radius 3 is 2.84 bits per heavy atom. The first-order valence-corrected chi connectivity index (χ1v) is 6.75. The summed E-state index contributed by atoms with van der Waals surface area (Å²) in [7, 11) is 2.06. The van der Waals surface area contributed by atoms with Crippen molar-refractivity contribution >= 4 is 5.69 Å². The van der Waals surface area contributed by atoms with Crippen LogP contribution in [0.1, 0.15) is 24.3 Å². The van der Waals surface area contributed by atoms with E-state index in [2.05, 4.69) is 34.6 Å². The van der Waals surface area contributed by atoms with Crippen molar-refractivity contribution in [3.8, 4) is 0 Å². The number of hydrogen-bond acceptors (Lipinski definition) is 4. The Morgan fingerprint density at radius 2 is 2.11 bits per heavy atom. The van der Waals surface area contributed by atoms with Crippen molar-refractivity contribution in [3.63, 3.8) is 0 Å². The molecule has 0 bridgehead atoms. The molecule has 0 unspecified atom stereocenters. The van der Waals surface area contributed by atoms with Crippen molar-refractivity contribution in [2.45, 2.75) is 32.0 Å². The molecule has 19 heavy (non-hydrogen) atoms. The highest BCUT2D eigenvalue weighted by molar-refractivity contribution is 5.45. The lowest BCUT2D eigenvalue weighted by Gasteiger charge is -2.16. The second-order valence-corrected chi connectivity index (χ2v) is 5.13. The standard InChI is InChI=1S/C15H19N3O/c1-18(14-5-3-2-4-6-14)11-15-9-13(17-19-15)10-16-12-7-8-12/h2-6,9,12,16H,7-8,10-11H2,1H3. The minimum Gasteiger partial charge on any atom is -0.367 e. The van der Waals surface area contributed by atoms with E-state index < -0.39 is 0 Å². The van der Waals surface area contributed by atoms with E-state index in [1.165, 1.54) is 18.5 Å². The fourth-order valence-electron chi connectivity index (χ4n) is 2.06. The van der Waals surface area contributed by atoms with Crippen LogP contribution in [0.4, 0.5) is 5.69 Å². The predicted octanol–water partition coefficient (Wildman–Crippen LogP) is 2.56. The molecule has 3 rings (SSSR count). The molecule has 4 nitrogen and oxygen atoms in total. The van der Waals surface area contributed by atoms with Crippen molar-refractivity contribution in [3.05, 3.63) is 47.9 Å². The molecule has 2 aromatic rings. The summed E-state index contributed by atoms with van der Waals surface area (Å²) in [6.07, 6.45) is 2.59.